The van der Waals surface area contributed by atoms with Gasteiger partial charge in [0, 0.05) is 17.5 Å². The second kappa shape index (κ2) is 8.51. The summed E-state index contributed by atoms with van der Waals surface area (Å²) in [5.41, 5.74) is 3.96. The van der Waals surface area contributed by atoms with Crippen molar-refractivity contribution in [2.45, 2.75) is 97.3 Å². The number of carbonyl (C=O) groups is 1. The smallest absolute Gasteiger partial charge is 0.228 e. The van der Waals surface area contributed by atoms with Gasteiger partial charge in [-0.25, -0.2) is 0 Å². The topological polar surface area (TPSA) is 39.4 Å². The van der Waals surface area contributed by atoms with Gasteiger partial charge in [0.05, 0.1) is 11.5 Å². The molecule has 0 N–H and O–H groups in total. The third kappa shape index (κ3) is 4.77. The van der Waals surface area contributed by atoms with Gasteiger partial charge in [-0.1, -0.05) is 91.0 Å². The molecule has 1 aliphatic rings. The largest absolute Gasteiger partial charge is 0.462 e. The molecule has 0 fully saturated rings. The number of carbonyl (C=O) groups excluding carboxylic acids is 1. The van der Waals surface area contributed by atoms with Gasteiger partial charge in [0.15, 0.2) is 14.1 Å². The fraction of sp³-hybridized carbons (Fsp3) is 0.536. The van der Waals surface area contributed by atoms with E-state index in [0.29, 0.717) is 11.3 Å². The van der Waals surface area contributed by atoms with E-state index < -0.39 is 16.4 Å². The molecule has 1 aromatic heterocycles. The molecule has 1 heterocycles. The van der Waals surface area contributed by atoms with Crippen LogP contribution in [0.3, 0.4) is 0 Å². The Morgan fingerprint density at radius 1 is 0.970 bits per heavy atom. The first-order valence-electron chi connectivity index (χ1n) is 12.1. The molecule has 1 aliphatic carbocycles. The predicted molar refractivity (Wildman–Crippen MR) is 145 cm³/mol. The van der Waals surface area contributed by atoms with Crippen LogP contribution in [0.15, 0.2) is 40.8 Å². The standard InChI is InChI=1S/C28H42O3Si2/c1-19-17-21(31-33(10,11)28(5,6)7)18-22-23(19)25(24(29)20-15-13-12-14-16-20)30-26(22)32(8,9)27(2,3)4/h12-17,21H,18H2,1-11H3. The number of fused-ring (bicyclic) bond motifs is 1. The lowest BCUT2D eigenvalue weighted by atomic mass is 9.90. The molecule has 33 heavy (non-hydrogen) atoms. The van der Waals surface area contributed by atoms with Crippen molar-refractivity contribution in [1.82, 2.24) is 0 Å². The summed E-state index contributed by atoms with van der Waals surface area (Å²) in [4.78, 5) is 13.6. The Labute approximate surface area is 202 Å². The summed E-state index contributed by atoms with van der Waals surface area (Å²) in [5.74, 6) is 0.462. The highest BCUT2D eigenvalue weighted by Gasteiger charge is 2.46. The van der Waals surface area contributed by atoms with Crippen LogP contribution < -0.4 is 5.38 Å². The summed E-state index contributed by atoms with van der Waals surface area (Å²) in [7, 11) is -3.97. The molecule has 0 saturated carbocycles. The number of rotatable bonds is 5. The van der Waals surface area contributed by atoms with E-state index in [1.54, 1.807) is 0 Å². The number of benzene rings is 1. The van der Waals surface area contributed by atoms with Crippen molar-refractivity contribution in [3.8, 4) is 0 Å². The van der Waals surface area contributed by atoms with Crippen LogP contribution in [0.2, 0.25) is 36.3 Å². The lowest BCUT2D eigenvalue weighted by molar-refractivity contribution is 0.101. The average molecular weight is 483 g/mol. The highest BCUT2D eigenvalue weighted by molar-refractivity contribution is 6.91. The van der Waals surface area contributed by atoms with E-state index in [-0.39, 0.29) is 22.0 Å². The normalized spacial score (nSPS) is 17.5. The monoisotopic (exact) mass is 482 g/mol. The minimum atomic E-state index is -2.03. The number of allylic oxidation sites excluding steroid dienone is 1. The number of ketones is 1. The fourth-order valence-electron chi connectivity index (χ4n) is 4.06. The van der Waals surface area contributed by atoms with Crippen LogP contribution in [0, 0.1) is 0 Å². The summed E-state index contributed by atoms with van der Waals surface area (Å²) in [6, 6.07) is 9.48. The molecule has 1 atom stereocenters. The van der Waals surface area contributed by atoms with E-state index in [0.717, 1.165) is 22.9 Å². The first-order valence-corrected chi connectivity index (χ1v) is 18.0. The molecule has 3 nitrogen and oxygen atoms in total. The lowest BCUT2D eigenvalue weighted by Gasteiger charge is -2.40. The Balaban J connectivity index is 2.16. The van der Waals surface area contributed by atoms with E-state index in [9.17, 15) is 4.79 Å². The van der Waals surface area contributed by atoms with E-state index >= 15 is 0 Å². The number of furan rings is 1. The van der Waals surface area contributed by atoms with Gasteiger partial charge in [0.2, 0.25) is 5.78 Å². The molecule has 0 saturated heterocycles. The molecule has 5 heteroatoms. The molecule has 1 unspecified atom stereocenters. The van der Waals surface area contributed by atoms with Crippen molar-refractivity contribution in [3.63, 3.8) is 0 Å². The van der Waals surface area contributed by atoms with Gasteiger partial charge in [-0.05, 0) is 41.2 Å². The van der Waals surface area contributed by atoms with Crippen LogP contribution in [-0.4, -0.2) is 28.3 Å². The number of hydrogen-bond acceptors (Lipinski definition) is 3. The van der Waals surface area contributed by atoms with Gasteiger partial charge >= 0.3 is 0 Å². The molecule has 0 spiro atoms. The van der Waals surface area contributed by atoms with Crippen molar-refractivity contribution in [3.05, 3.63) is 58.9 Å². The molecule has 0 bridgehead atoms. The SMILES string of the molecule is CC1=CC(O[Si](C)(C)C(C)(C)C)Cc2c([Si](C)(C)C(C)(C)C)oc(C(=O)c3ccccc3)c21. The maximum absolute atomic E-state index is 13.6. The zero-order chi connectivity index (χ0) is 25.0. The summed E-state index contributed by atoms with van der Waals surface area (Å²) < 4.78 is 13.4. The van der Waals surface area contributed by atoms with E-state index in [2.05, 4.69) is 80.7 Å². The van der Waals surface area contributed by atoms with Crippen LogP contribution in [0.4, 0.5) is 0 Å². The summed E-state index contributed by atoms with van der Waals surface area (Å²) in [5, 5.41) is 1.29. The molecule has 1 aromatic carbocycles. The molecular weight excluding hydrogens is 440 g/mol. The Morgan fingerprint density at radius 3 is 2.06 bits per heavy atom. The second-order valence-corrected chi connectivity index (χ2v) is 22.6. The molecule has 2 aromatic rings. The van der Waals surface area contributed by atoms with Gasteiger partial charge in [0.25, 0.3) is 0 Å². The van der Waals surface area contributed by atoms with Crippen LogP contribution in [0.25, 0.3) is 5.57 Å². The van der Waals surface area contributed by atoms with Gasteiger partial charge in [-0.3, -0.25) is 4.79 Å². The Hall–Kier alpha value is -1.70. The van der Waals surface area contributed by atoms with Crippen LogP contribution in [0.5, 0.6) is 0 Å². The first-order chi connectivity index (χ1) is 15.0. The zero-order valence-electron chi connectivity index (χ0n) is 22.5. The summed E-state index contributed by atoms with van der Waals surface area (Å²) in [6.45, 7) is 25.2. The molecule has 3 rings (SSSR count). The quantitative estimate of drug-likeness (QED) is 0.326. The zero-order valence-corrected chi connectivity index (χ0v) is 24.5. The van der Waals surface area contributed by atoms with Crippen LogP contribution in [-0.2, 0) is 10.8 Å². The molecule has 180 valence electrons. The van der Waals surface area contributed by atoms with Crippen molar-refractivity contribution >= 4 is 33.1 Å². The Morgan fingerprint density at radius 2 is 1.55 bits per heavy atom. The second-order valence-electron chi connectivity index (χ2n) is 12.7. The summed E-state index contributed by atoms with van der Waals surface area (Å²) in [6.07, 6.45) is 3.00. The maximum Gasteiger partial charge on any atom is 0.228 e. The Bertz CT molecular complexity index is 1060. The van der Waals surface area contributed by atoms with Gasteiger partial charge < -0.3 is 8.84 Å². The molecule has 0 aliphatic heterocycles. The molecule has 0 radical (unpaired) electrons. The maximum atomic E-state index is 13.6. The van der Waals surface area contributed by atoms with E-state index in [4.69, 9.17) is 8.84 Å². The van der Waals surface area contributed by atoms with Gasteiger partial charge in [0.1, 0.15) is 8.07 Å². The van der Waals surface area contributed by atoms with Crippen molar-refractivity contribution in [1.29, 1.82) is 0 Å². The van der Waals surface area contributed by atoms with Gasteiger partial charge in [-0.2, -0.15) is 0 Å². The van der Waals surface area contributed by atoms with Crippen LogP contribution in [0.1, 0.15) is 75.7 Å². The minimum Gasteiger partial charge on any atom is -0.462 e. The highest BCUT2D eigenvalue weighted by atomic mass is 28.4. The van der Waals surface area contributed by atoms with Gasteiger partial charge in [-0.15, -0.1) is 0 Å². The summed E-state index contributed by atoms with van der Waals surface area (Å²) >= 11 is 0. The minimum absolute atomic E-state index is 0.0131. The predicted octanol–water partition coefficient (Wildman–Crippen LogP) is 7.58. The van der Waals surface area contributed by atoms with E-state index in [1.807, 2.05) is 30.3 Å². The first kappa shape index (κ1) is 25.9. The Kier molecular flexibility index (Phi) is 6.68. The lowest BCUT2D eigenvalue weighted by Crippen LogP contribution is -2.51. The van der Waals surface area contributed by atoms with Crippen molar-refractivity contribution in [2.75, 3.05) is 0 Å². The fourth-order valence-corrected chi connectivity index (χ4v) is 7.34. The number of hydrogen-bond donors (Lipinski definition) is 0. The van der Waals surface area contributed by atoms with Crippen molar-refractivity contribution < 1.29 is 13.6 Å². The third-order valence-electron chi connectivity index (χ3n) is 8.18. The van der Waals surface area contributed by atoms with Crippen LogP contribution >= 0.6 is 0 Å². The highest BCUT2D eigenvalue weighted by Crippen LogP contribution is 2.42. The van der Waals surface area contributed by atoms with Crippen molar-refractivity contribution in [2.24, 2.45) is 0 Å². The molecular formula is C28H42O3Si2. The third-order valence-corrected chi connectivity index (χ3v) is 18.0. The molecule has 0 amide bonds. The van der Waals surface area contributed by atoms with E-state index in [1.165, 1.54) is 5.56 Å². The average Bonchev–Trinajstić information content (AvgIpc) is 3.06.